The SMILES string of the molecule is CCS(=O)(=O)CCNc1ccc(Cl)c(C(F)(F)F)c1. The van der Waals surface area contributed by atoms with Crippen LogP contribution in [0.3, 0.4) is 0 Å². The molecule has 0 spiro atoms. The van der Waals surface area contributed by atoms with Gasteiger partial charge in [0.25, 0.3) is 0 Å². The number of hydrogen-bond acceptors (Lipinski definition) is 3. The van der Waals surface area contributed by atoms with Gasteiger partial charge in [-0.3, -0.25) is 0 Å². The molecule has 8 heteroatoms. The molecular formula is C11H13ClF3NO2S. The number of sulfone groups is 1. The average Bonchev–Trinajstić information content (AvgIpc) is 2.30. The fourth-order valence-corrected chi connectivity index (χ4v) is 2.27. The molecule has 1 aromatic carbocycles. The first-order chi connectivity index (χ1) is 8.65. The first kappa shape index (κ1) is 16.1. The van der Waals surface area contributed by atoms with Crippen LogP contribution in [0, 0.1) is 0 Å². The van der Waals surface area contributed by atoms with E-state index in [0.717, 1.165) is 12.1 Å². The van der Waals surface area contributed by atoms with Gasteiger partial charge in [0, 0.05) is 18.0 Å². The fourth-order valence-electron chi connectivity index (χ4n) is 1.35. The summed E-state index contributed by atoms with van der Waals surface area (Å²) in [5.41, 5.74) is -0.763. The fraction of sp³-hybridized carbons (Fsp3) is 0.455. The smallest absolute Gasteiger partial charge is 0.384 e. The van der Waals surface area contributed by atoms with Crippen LogP contribution in [0.5, 0.6) is 0 Å². The van der Waals surface area contributed by atoms with Crippen LogP contribution in [0.15, 0.2) is 18.2 Å². The summed E-state index contributed by atoms with van der Waals surface area (Å²) in [6.07, 6.45) is -4.54. The number of benzene rings is 1. The minimum Gasteiger partial charge on any atom is -0.384 e. The zero-order valence-electron chi connectivity index (χ0n) is 10.1. The zero-order chi connectivity index (χ0) is 14.7. The lowest BCUT2D eigenvalue weighted by atomic mass is 10.2. The largest absolute Gasteiger partial charge is 0.417 e. The molecule has 0 bridgehead atoms. The van der Waals surface area contributed by atoms with Crippen molar-refractivity contribution in [1.29, 1.82) is 0 Å². The van der Waals surface area contributed by atoms with Crippen LogP contribution in [0.2, 0.25) is 5.02 Å². The molecule has 0 radical (unpaired) electrons. The number of rotatable bonds is 5. The lowest BCUT2D eigenvalue weighted by Gasteiger charge is -2.12. The van der Waals surface area contributed by atoms with Gasteiger partial charge >= 0.3 is 6.18 Å². The van der Waals surface area contributed by atoms with Crippen LogP contribution < -0.4 is 5.32 Å². The molecular weight excluding hydrogens is 303 g/mol. The topological polar surface area (TPSA) is 46.2 Å². The molecule has 0 amide bonds. The summed E-state index contributed by atoms with van der Waals surface area (Å²) < 4.78 is 60.2. The summed E-state index contributed by atoms with van der Waals surface area (Å²) in [6.45, 7) is 1.56. The number of halogens is 4. The lowest BCUT2D eigenvalue weighted by molar-refractivity contribution is -0.137. The van der Waals surface area contributed by atoms with Gasteiger partial charge in [0.1, 0.15) is 0 Å². The molecule has 1 rings (SSSR count). The molecule has 0 unspecified atom stereocenters. The zero-order valence-corrected chi connectivity index (χ0v) is 11.7. The Kier molecular flexibility index (Phi) is 5.09. The van der Waals surface area contributed by atoms with Crippen LogP contribution in [-0.2, 0) is 16.0 Å². The quantitative estimate of drug-likeness (QED) is 0.907. The van der Waals surface area contributed by atoms with Crippen LogP contribution in [0.25, 0.3) is 0 Å². The van der Waals surface area contributed by atoms with Gasteiger partial charge in [-0.25, -0.2) is 8.42 Å². The standard InChI is InChI=1S/C11H13ClF3NO2S/c1-2-19(17,18)6-5-16-8-3-4-10(12)9(7-8)11(13,14)15/h3-4,7,16H,2,5-6H2,1H3. The first-order valence-corrected chi connectivity index (χ1v) is 7.66. The van der Waals surface area contributed by atoms with Crippen molar-refractivity contribution < 1.29 is 21.6 Å². The molecule has 0 aliphatic rings. The molecule has 19 heavy (non-hydrogen) atoms. The molecule has 108 valence electrons. The summed E-state index contributed by atoms with van der Waals surface area (Å²) in [7, 11) is -3.15. The predicted octanol–water partition coefficient (Wildman–Crippen LogP) is 3.21. The Morgan fingerprint density at radius 3 is 2.47 bits per heavy atom. The number of anilines is 1. The molecule has 0 saturated heterocycles. The Bertz CT molecular complexity index is 543. The Hall–Kier alpha value is -0.950. The summed E-state index contributed by atoms with van der Waals surface area (Å²) in [5, 5.41) is 2.25. The average molecular weight is 316 g/mol. The van der Waals surface area contributed by atoms with E-state index in [1.54, 1.807) is 0 Å². The minimum atomic E-state index is -4.54. The van der Waals surface area contributed by atoms with Crippen LogP contribution >= 0.6 is 11.6 Å². The van der Waals surface area contributed by atoms with Gasteiger partial charge in [0.15, 0.2) is 9.84 Å². The van der Waals surface area contributed by atoms with Crippen molar-refractivity contribution >= 4 is 27.1 Å². The summed E-state index contributed by atoms with van der Waals surface area (Å²) in [6, 6.07) is 3.36. The molecule has 1 N–H and O–H groups in total. The van der Waals surface area contributed by atoms with E-state index in [9.17, 15) is 21.6 Å². The summed E-state index contributed by atoms with van der Waals surface area (Å²) in [4.78, 5) is 0. The van der Waals surface area contributed by atoms with E-state index in [1.807, 2.05) is 0 Å². The second-order valence-corrected chi connectivity index (χ2v) is 6.74. The van der Waals surface area contributed by atoms with E-state index in [2.05, 4.69) is 5.32 Å². The molecule has 1 aromatic rings. The van der Waals surface area contributed by atoms with Crippen molar-refractivity contribution in [3.05, 3.63) is 28.8 Å². The predicted molar refractivity (Wildman–Crippen MR) is 69.3 cm³/mol. The Morgan fingerprint density at radius 2 is 1.95 bits per heavy atom. The van der Waals surface area contributed by atoms with Gasteiger partial charge in [0.05, 0.1) is 16.3 Å². The van der Waals surface area contributed by atoms with Crippen molar-refractivity contribution in [3.63, 3.8) is 0 Å². The monoisotopic (exact) mass is 315 g/mol. The highest BCUT2D eigenvalue weighted by molar-refractivity contribution is 7.91. The van der Waals surface area contributed by atoms with Gasteiger partial charge in [-0.1, -0.05) is 18.5 Å². The Morgan fingerprint density at radius 1 is 1.32 bits per heavy atom. The first-order valence-electron chi connectivity index (χ1n) is 5.47. The van der Waals surface area contributed by atoms with E-state index >= 15 is 0 Å². The van der Waals surface area contributed by atoms with Gasteiger partial charge < -0.3 is 5.32 Å². The minimum absolute atomic E-state index is 0.00307. The van der Waals surface area contributed by atoms with E-state index in [-0.39, 0.29) is 28.8 Å². The highest BCUT2D eigenvalue weighted by Crippen LogP contribution is 2.36. The van der Waals surface area contributed by atoms with Gasteiger partial charge in [0.2, 0.25) is 0 Å². The van der Waals surface area contributed by atoms with Gasteiger partial charge in [-0.05, 0) is 18.2 Å². The Labute approximate surface area is 114 Å². The van der Waals surface area contributed by atoms with Crippen LogP contribution in [-0.4, -0.2) is 26.5 Å². The van der Waals surface area contributed by atoms with E-state index in [1.165, 1.54) is 13.0 Å². The summed E-state index contributed by atoms with van der Waals surface area (Å²) >= 11 is 5.47. The Balaban J connectivity index is 2.76. The third kappa shape index (κ3) is 4.91. The molecule has 0 aliphatic heterocycles. The molecule has 0 aliphatic carbocycles. The second-order valence-electron chi connectivity index (χ2n) is 3.86. The molecule has 3 nitrogen and oxygen atoms in total. The molecule has 0 saturated carbocycles. The second kappa shape index (κ2) is 6.00. The van der Waals surface area contributed by atoms with Crippen molar-refractivity contribution in [1.82, 2.24) is 0 Å². The molecule has 0 heterocycles. The maximum Gasteiger partial charge on any atom is 0.417 e. The van der Waals surface area contributed by atoms with Gasteiger partial charge in [-0.2, -0.15) is 13.2 Å². The normalized spacial score (nSPS) is 12.5. The highest BCUT2D eigenvalue weighted by Gasteiger charge is 2.33. The third-order valence-electron chi connectivity index (χ3n) is 2.45. The number of alkyl halides is 3. The van der Waals surface area contributed by atoms with Crippen LogP contribution in [0.1, 0.15) is 12.5 Å². The van der Waals surface area contributed by atoms with Crippen molar-refractivity contribution in [2.45, 2.75) is 13.1 Å². The van der Waals surface area contributed by atoms with Crippen molar-refractivity contribution in [3.8, 4) is 0 Å². The van der Waals surface area contributed by atoms with Gasteiger partial charge in [-0.15, -0.1) is 0 Å². The summed E-state index contributed by atoms with van der Waals surface area (Å²) in [5.74, 6) is -0.128. The maximum atomic E-state index is 12.6. The van der Waals surface area contributed by atoms with Crippen molar-refractivity contribution in [2.75, 3.05) is 23.4 Å². The third-order valence-corrected chi connectivity index (χ3v) is 4.49. The molecule has 0 fully saturated rings. The lowest BCUT2D eigenvalue weighted by Crippen LogP contribution is -2.17. The highest BCUT2D eigenvalue weighted by atomic mass is 35.5. The van der Waals surface area contributed by atoms with Crippen LogP contribution in [0.4, 0.5) is 18.9 Å². The van der Waals surface area contributed by atoms with E-state index < -0.39 is 21.6 Å². The van der Waals surface area contributed by atoms with Crippen molar-refractivity contribution in [2.24, 2.45) is 0 Å². The van der Waals surface area contributed by atoms with E-state index in [0.29, 0.717) is 0 Å². The maximum absolute atomic E-state index is 12.6. The molecule has 0 aromatic heterocycles. The number of nitrogens with one attached hydrogen (secondary N) is 1. The van der Waals surface area contributed by atoms with E-state index in [4.69, 9.17) is 11.6 Å². The number of hydrogen-bond donors (Lipinski definition) is 1. The molecule has 0 atom stereocenters.